The van der Waals surface area contributed by atoms with Crippen molar-refractivity contribution in [2.24, 2.45) is 5.73 Å². The van der Waals surface area contributed by atoms with Crippen molar-refractivity contribution in [1.29, 1.82) is 0 Å². The number of rotatable bonds is 6. The van der Waals surface area contributed by atoms with Crippen molar-refractivity contribution in [3.05, 3.63) is 27.6 Å². The minimum Gasteiger partial charge on any atom is -0.496 e. The van der Waals surface area contributed by atoms with Gasteiger partial charge in [-0.1, -0.05) is 26.7 Å². The van der Waals surface area contributed by atoms with E-state index < -0.39 is 0 Å². The Kier molecular flexibility index (Phi) is 6.20. The Morgan fingerprint density at radius 3 is 2.42 bits per heavy atom. The third kappa shape index (κ3) is 3.60. The van der Waals surface area contributed by atoms with Gasteiger partial charge in [-0.05, 0) is 43.4 Å². The standard InChI is InChI=1S/C21H30N2O2S/c1-5-13-11-18(25-4)15(12-17(13)24-3)20-21(26-19(6-2)23-20)14-9-7-8-10-16(14)22/h11-12,14,16H,5-10,22H2,1-4H3. The van der Waals surface area contributed by atoms with Crippen molar-refractivity contribution < 1.29 is 9.47 Å². The van der Waals surface area contributed by atoms with Crippen LogP contribution in [0.5, 0.6) is 11.5 Å². The number of hydrogen-bond acceptors (Lipinski definition) is 5. The highest BCUT2D eigenvalue weighted by Gasteiger charge is 2.30. The molecule has 2 atom stereocenters. The summed E-state index contributed by atoms with van der Waals surface area (Å²) in [5.74, 6) is 2.15. The van der Waals surface area contributed by atoms with Gasteiger partial charge in [0.2, 0.25) is 0 Å². The molecule has 4 nitrogen and oxygen atoms in total. The van der Waals surface area contributed by atoms with Gasteiger partial charge < -0.3 is 15.2 Å². The molecule has 1 aromatic carbocycles. The van der Waals surface area contributed by atoms with E-state index in [1.54, 1.807) is 14.2 Å². The van der Waals surface area contributed by atoms with Crippen LogP contribution in [0.15, 0.2) is 12.1 Å². The number of ether oxygens (including phenoxy) is 2. The minimum atomic E-state index is 0.218. The highest BCUT2D eigenvalue weighted by atomic mass is 32.1. The molecule has 0 radical (unpaired) electrons. The first-order valence-corrected chi connectivity index (χ1v) is 10.4. The van der Waals surface area contributed by atoms with Crippen LogP contribution in [0.4, 0.5) is 0 Å². The summed E-state index contributed by atoms with van der Waals surface area (Å²) in [6.45, 7) is 4.28. The molecule has 1 aromatic heterocycles. The molecule has 26 heavy (non-hydrogen) atoms. The molecule has 2 unspecified atom stereocenters. The predicted octanol–water partition coefficient (Wildman–Crippen LogP) is 4.94. The molecule has 0 saturated heterocycles. The van der Waals surface area contributed by atoms with Gasteiger partial charge in [0.1, 0.15) is 11.5 Å². The van der Waals surface area contributed by atoms with Gasteiger partial charge in [-0.2, -0.15) is 0 Å². The fourth-order valence-corrected chi connectivity index (χ4v) is 5.11. The van der Waals surface area contributed by atoms with E-state index in [0.717, 1.165) is 59.0 Å². The van der Waals surface area contributed by atoms with Gasteiger partial charge in [-0.3, -0.25) is 0 Å². The summed E-state index contributed by atoms with van der Waals surface area (Å²) in [6, 6.07) is 4.39. The minimum absolute atomic E-state index is 0.218. The van der Waals surface area contributed by atoms with Crippen LogP contribution < -0.4 is 15.2 Å². The Hall–Kier alpha value is -1.59. The van der Waals surface area contributed by atoms with Crippen molar-refractivity contribution in [1.82, 2.24) is 4.98 Å². The van der Waals surface area contributed by atoms with Crippen LogP contribution in [0.1, 0.15) is 60.9 Å². The molecule has 3 rings (SSSR count). The van der Waals surface area contributed by atoms with Crippen LogP contribution in [0.3, 0.4) is 0 Å². The molecule has 0 bridgehead atoms. The third-order valence-electron chi connectivity index (χ3n) is 5.39. The third-order valence-corrected chi connectivity index (χ3v) is 6.73. The molecule has 2 aromatic rings. The normalized spacial score (nSPS) is 20.2. The van der Waals surface area contributed by atoms with Crippen LogP contribution in [0.2, 0.25) is 0 Å². The lowest BCUT2D eigenvalue weighted by atomic mass is 9.83. The molecular formula is C21H30N2O2S. The van der Waals surface area contributed by atoms with E-state index in [-0.39, 0.29) is 6.04 Å². The molecule has 0 aliphatic heterocycles. The van der Waals surface area contributed by atoms with Gasteiger partial charge in [0.25, 0.3) is 0 Å². The average Bonchev–Trinajstić information content (AvgIpc) is 3.11. The zero-order valence-corrected chi connectivity index (χ0v) is 17.1. The summed E-state index contributed by atoms with van der Waals surface area (Å²) in [6.07, 6.45) is 6.55. The molecule has 1 aliphatic carbocycles. The summed E-state index contributed by atoms with van der Waals surface area (Å²) < 4.78 is 11.4. The number of nitrogens with two attached hydrogens (primary N) is 1. The quantitative estimate of drug-likeness (QED) is 0.778. The monoisotopic (exact) mass is 374 g/mol. The van der Waals surface area contributed by atoms with Crippen LogP contribution >= 0.6 is 11.3 Å². The first kappa shape index (κ1) is 19.2. The van der Waals surface area contributed by atoms with E-state index in [4.69, 9.17) is 20.2 Å². The molecule has 1 aliphatic rings. The summed E-state index contributed by atoms with van der Waals surface area (Å²) in [5, 5.41) is 1.16. The largest absolute Gasteiger partial charge is 0.496 e. The van der Waals surface area contributed by atoms with E-state index in [0.29, 0.717) is 5.92 Å². The van der Waals surface area contributed by atoms with Crippen LogP contribution in [-0.2, 0) is 12.8 Å². The van der Waals surface area contributed by atoms with E-state index in [2.05, 4.69) is 26.0 Å². The Labute approximate surface area is 160 Å². The highest BCUT2D eigenvalue weighted by molar-refractivity contribution is 7.12. The fourth-order valence-electron chi connectivity index (χ4n) is 3.88. The van der Waals surface area contributed by atoms with Crippen LogP contribution in [-0.4, -0.2) is 25.2 Å². The fraction of sp³-hybridized carbons (Fsp3) is 0.571. The van der Waals surface area contributed by atoms with Crippen molar-refractivity contribution in [3.63, 3.8) is 0 Å². The van der Waals surface area contributed by atoms with E-state index >= 15 is 0 Å². The Balaban J connectivity index is 2.15. The molecule has 2 N–H and O–H groups in total. The number of aryl methyl sites for hydroxylation is 2. The number of benzene rings is 1. The Morgan fingerprint density at radius 2 is 1.81 bits per heavy atom. The molecule has 5 heteroatoms. The van der Waals surface area contributed by atoms with E-state index in [1.807, 2.05) is 11.3 Å². The Bertz CT molecular complexity index is 757. The average molecular weight is 375 g/mol. The molecule has 142 valence electrons. The predicted molar refractivity (Wildman–Crippen MR) is 109 cm³/mol. The summed E-state index contributed by atoms with van der Waals surface area (Å²) in [7, 11) is 3.45. The topological polar surface area (TPSA) is 57.4 Å². The molecule has 1 fully saturated rings. The van der Waals surface area contributed by atoms with E-state index in [1.165, 1.54) is 17.7 Å². The molecule has 1 heterocycles. The van der Waals surface area contributed by atoms with Crippen molar-refractivity contribution in [2.75, 3.05) is 14.2 Å². The second-order valence-electron chi connectivity index (χ2n) is 6.95. The van der Waals surface area contributed by atoms with Crippen molar-refractivity contribution >= 4 is 11.3 Å². The SMILES string of the molecule is CCc1nc(-c2cc(OC)c(CC)cc2OC)c(C2CCCCC2N)s1. The summed E-state index contributed by atoms with van der Waals surface area (Å²) >= 11 is 1.82. The van der Waals surface area contributed by atoms with Crippen molar-refractivity contribution in [2.45, 2.75) is 64.3 Å². The molecule has 0 spiro atoms. The summed E-state index contributed by atoms with van der Waals surface area (Å²) in [4.78, 5) is 6.29. The second kappa shape index (κ2) is 8.40. The number of hydrogen-bond donors (Lipinski definition) is 1. The number of thiazole rings is 1. The number of methoxy groups -OCH3 is 2. The van der Waals surface area contributed by atoms with E-state index in [9.17, 15) is 0 Å². The van der Waals surface area contributed by atoms with Crippen LogP contribution in [0, 0.1) is 0 Å². The number of nitrogens with zero attached hydrogens (tertiary/aromatic N) is 1. The van der Waals surface area contributed by atoms with Gasteiger partial charge >= 0.3 is 0 Å². The number of aromatic nitrogens is 1. The lowest BCUT2D eigenvalue weighted by Crippen LogP contribution is -2.31. The van der Waals surface area contributed by atoms with Gasteiger partial charge in [0, 0.05) is 22.4 Å². The van der Waals surface area contributed by atoms with Crippen LogP contribution in [0.25, 0.3) is 11.3 Å². The zero-order chi connectivity index (χ0) is 18.7. The maximum atomic E-state index is 6.50. The molecule has 1 saturated carbocycles. The highest BCUT2D eigenvalue weighted by Crippen LogP contribution is 2.45. The van der Waals surface area contributed by atoms with Gasteiger partial charge in [0.15, 0.2) is 0 Å². The maximum absolute atomic E-state index is 6.50. The molecular weight excluding hydrogens is 344 g/mol. The first-order chi connectivity index (χ1) is 12.6. The zero-order valence-electron chi connectivity index (χ0n) is 16.3. The van der Waals surface area contributed by atoms with Crippen molar-refractivity contribution in [3.8, 4) is 22.8 Å². The lowest BCUT2D eigenvalue weighted by molar-refractivity contribution is 0.389. The maximum Gasteiger partial charge on any atom is 0.128 e. The summed E-state index contributed by atoms with van der Waals surface area (Å²) in [5.41, 5.74) is 9.71. The smallest absolute Gasteiger partial charge is 0.128 e. The van der Waals surface area contributed by atoms with Gasteiger partial charge in [0.05, 0.1) is 24.9 Å². The lowest BCUT2D eigenvalue weighted by Gasteiger charge is -2.28. The Morgan fingerprint density at radius 1 is 1.08 bits per heavy atom. The van der Waals surface area contributed by atoms with Gasteiger partial charge in [-0.25, -0.2) is 4.98 Å². The van der Waals surface area contributed by atoms with Gasteiger partial charge in [-0.15, -0.1) is 11.3 Å². The second-order valence-corrected chi connectivity index (χ2v) is 8.06. The molecule has 0 amide bonds. The first-order valence-electron chi connectivity index (χ1n) is 9.63.